The van der Waals surface area contributed by atoms with Crippen molar-refractivity contribution in [1.82, 2.24) is 9.97 Å². The molecule has 4 N–H and O–H groups in total. The Balaban J connectivity index is 2.06. The van der Waals surface area contributed by atoms with Crippen LogP contribution in [0, 0.1) is 11.3 Å². The molecule has 1 aliphatic carbocycles. The predicted octanol–water partition coefficient (Wildman–Crippen LogP) is 1.59. The number of aliphatic hydroxyl groups excluding tert-OH is 1. The molecule has 1 aliphatic rings. The number of carboxylic acids is 1. The maximum Gasteiger partial charge on any atom is 0.345 e. The maximum absolute atomic E-state index is 11.5. The van der Waals surface area contributed by atoms with Gasteiger partial charge in [0.15, 0.2) is 11.4 Å². The molecular weight excluding hydrogens is 324 g/mol. The third-order valence-corrected chi connectivity index (χ3v) is 4.05. The Morgan fingerprint density at radius 3 is 2.80 bits per heavy atom. The number of ether oxygens (including phenoxy) is 1. The molecule has 2 aromatic rings. The van der Waals surface area contributed by atoms with E-state index < -0.39 is 18.2 Å². The van der Waals surface area contributed by atoms with Gasteiger partial charge in [0, 0.05) is 5.56 Å². The molecule has 0 unspecified atom stereocenters. The normalized spacial score (nSPS) is 19.4. The van der Waals surface area contributed by atoms with E-state index in [0.717, 1.165) is 6.42 Å². The number of aromatic carboxylic acids is 1. The third kappa shape index (κ3) is 3.36. The summed E-state index contributed by atoms with van der Waals surface area (Å²) in [4.78, 5) is 19.7. The van der Waals surface area contributed by atoms with Crippen LogP contribution in [0.1, 0.15) is 35.2 Å². The van der Waals surface area contributed by atoms with Crippen LogP contribution in [0.25, 0.3) is 11.4 Å². The van der Waals surface area contributed by atoms with Crippen molar-refractivity contribution in [2.75, 3.05) is 5.73 Å². The number of hydrogen-bond acceptors (Lipinski definition) is 7. The van der Waals surface area contributed by atoms with Gasteiger partial charge in [-0.25, -0.2) is 9.78 Å². The number of rotatable bonds is 4. The van der Waals surface area contributed by atoms with Gasteiger partial charge in [-0.1, -0.05) is 12.1 Å². The van der Waals surface area contributed by atoms with Gasteiger partial charge in [0.2, 0.25) is 5.88 Å². The molecule has 8 heteroatoms. The topological polar surface area (TPSA) is 142 Å². The average molecular weight is 340 g/mol. The molecule has 1 aromatic heterocycles. The van der Waals surface area contributed by atoms with Crippen molar-refractivity contribution in [3.8, 4) is 23.3 Å². The van der Waals surface area contributed by atoms with Crippen LogP contribution in [0.5, 0.6) is 5.88 Å². The molecule has 3 rings (SSSR count). The highest BCUT2D eigenvalue weighted by atomic mass is 16.5. The Morgan fingerprint density at radius 2 is 2.16 bits per heavy atom. The first-order chi connectivity index (χ1) is 12.0. The zero-order valence-electron chi connectivity index (χ0n) is 13.2. The number of nitriles is 1. The van der Waals surface area contributed by atoms with E-state index in [4.69, 9.17) is 15.7 Å². The van der Waals surface area contributed by atoms with Crippen molar-refractivity contribution in [2.45, 2.75) is 31.5 Å². The van der Waals surface area contributed by atoms with Crippen molar-refractivity contribution in [3.63, 3.8) is 0 Å². The highest BCUT2D eigenvalue weighted by Gasteiger charge is 2.30. The van der Waals surface area contributed by atoms with Gasteiger partial charge in [-0.05, 0) is 31.4 Å². The van der Waals surface area contributed by atoms with Gasteiger partial charge in [0.05, 0.1) is 17.7 Å². The van der Waals surface area contributed by atoms with E-state index in [1.165, 1.54) is 0 Å². The van der Waals surface area contributed by atoms with Gasteiger partial charge >= 0.3 is 5.97 Å². The second kappa shape index (κ2) is 6.75. The summed E-state index contributed by atoms with van der Waals surface area (Å²) >= 11 is 0. The molecule has 0 bridgehead atoms. The van der Waals surface area contributed by atoms with E-state index in [0.29, 0.717) is 24.0 Å². The van der Waals surface area contributed by atoms with E-state index in [1.807, 2.05) is 6.07 Å². The van der Waals surface area contributed by atoms with Crippen LogP contribution in [0.2, 0.25) is 0 Å². The fraction of sp³-hybridized carbons (Fsp3) is 0.294. The minimum Gasteiger partial charge on any atom is -0.477 e. The molecule has 0 spiro atoms. The molecule has 0 saturated heterocycles. The molecule has 1 aromatic carbocycles. The summed E-state index contributed by atoms with van der Waals surface area (Å²) in [6.07, 6.45) is 0.758. The number of nitrogen functional groups attached to an aromatic ring is 1. The Hall–Kier alpha value is -3.18. The monoisotopic (exact) mass is 340 g/mol. The van der Waals surface area contributed by atoms with Crippen molar-refractivity contribution in [2.24, 2.45) is 0 Å². The fourth-order valence-electron chi connectivity index (χ4n) is 2.79. The van der Waals surface area contributed by atoms with Gasteiger partial charge in [-0.3, -0.25) is 0 Å². The van der Waals surface area contributed by atoms with Crippen molar-refractivity contribution < 1.29 is 19.7 Å². The van der Waals surface area contributed by atoms with Gasteiger partial charge in [0.1, 0.15) is 11.9 Å². The van der Waals surface area contributed by atoms with Gasteiger partial charge in [0.25, 0.3) is 0 Å². The molecule has 0 radical (unpaired) electrons. The largest absolute Gasteiger partial charge is 0.477 e. The summed E-state index contributed by atoms with van der Waals surface area (Å²) in [7, 11) is 0. The van der Waals surface area contributed by atoms with E-state index in [1.54, 1.807) is 24.3 Å². The highest BCUT2D eigenvalue weighted by Crippen LogP contribution is 2.30. The Bertz CT molecular complexity index is 862. The van der Waals surface area contributed by atoms with Crippen molar-refractivity contribution in [3.05, 3.63) is 35.4 Å². The zero-order valence-corrected chi connectivity index (χ0v) is 13.2. The lowest BCUT2D eigenvalue weighted by molar-refractivity contribution is 0.0534. The number of benzene rings is 1. The Kier molecular flexibility index (Phi) is 4.50. The second-order valence-corrected chi connectivity index (χ2v) is 5.76. The van der Waals surface area contributed by atoms with E-state index >= 15 is 0 Å². The highest BCUT2D eigenvalue weighted by molar-refractivity contribution is 5.95. The van der Waals surface area contributed by atoms with Crippen LogP contribution in [0.3, 0.4) is 0 Å². The summed E-state index contributed by atoms with van der Waals surface area (Å²) in [5.74, 6) is -1.56. The zero-order chi connectivity index (χ0) is 18.0. The molecule has 2 atom stereocenters. The van der Waals surface area contributed by atoms with Crippen LogP contribution in [0.4, 0.5) is 5.82 Å². The number of hydrogen-bond donors (Lipinski definition) is 3. The summed E-state index contributed by atoms with van der Waals surface area (Å²) in [5.41, 5.74) is 6.39. The lowest BCUT2D eigenvalue weighted by Gasteiger charge is -2.18. The number of aromatic nitrogens is 2. The van der Waals surface area contributed by atoms with Crippen molar-refractivity contribution in [1.29, 1.82) is 5.26 Å². The van der Waals surface area contributed by atoms with Crippen molar-refractivity contribution >= 4 is 11.8 Å². The number of carbonyl (C=O) groups is 1. The summed E-state index contributed by atoms with van der Waals surface area (Å²) in [6.45, 7) is 0. The number of carboxylic acid groups (broad SMARTS) is 1. The van der Waals surface area contributed by atoms with E-state index in [2.05, 4.69) is 9.97 Å². The summed E-state index contributed by atoms with van der Waals surface area (Å²) < 4.78 is 5.65. The minimum absolute atomic E-state index is 0.155. The fourth-order valence-corrected chi connectivity index (χ4v) is 2.79. The smallest absolute Gasteiger partial charge is 0.345 e. The van der Waals surface area contributed by atoms with E-state index in [9.17, 15) is 15.0 Å². The summed E-state index contributed by atoms with van der Waals surface area (Å²) in [5, 5.41) is 28.3. The van der Waals surface area contributed by atoms with Crippen LogP contribution >= 0.6 is 0 Å². The molecule has 0 amide bonds. The molecule has 0 aliphatic heterocycles. The minimum atomic E-state index is -1.31. The molecular formula is C17H16N4O4. The first-order valence-electron chi connectivity index (χ1n) is 7.75. The number of anilines is 1. The van der Waals surface area contributed by atoms with E-state index in [-0.39, 0.29) is 23.1 Å². The standard InChI is InChI=1S/C17H16N4O4/c18-8-9-3-1-4-10(7-9)15-20-14(19)13(17(23)24)16(21-15)25-12-6-2-5-11(12)22/h1,3-4,7,11-12,22H,2,5-6H2,(H,23,24)(H2,19,20,21)/t11-,12+/m0/s1. The molecule has 128 valence electrons. The first-order valence-corrected chi connectivity index (χ1v) is 7.75. The lowest BCUT2D eigenvalue weighted by Crippen LogP contribution is -2.27. The first kappa shape index (κ1) is 16.7. The SMILES string of the molecule is N#Cc1cccc(-c2nc(N)c(C(=O)O)c(O[C@@H]3CCC[C@@H]3O)n2)c1. The number of aliphatic hydroxyl groups is 1. The van der Waals surface area contributed by atoms with Gasteiger partial charge < -0.3 is 20.7 Å². The van der Waals surface area contributed by atoms with Crippen LogP contribution in [0.15, 0.2) is 24.3 Å². The molecule has 1 fully saturated rings. The summed E-state index contributed by atoms with van der Waals surface area (Å²) in [6, 6.07) is 8.57. The maximum atomic E-state index is 11.5. The Morgan fingerprint density at radius 1 is 1.36 bits per heavy atom. The molecule has 1 heterocycles. The molecule has 1 saturated carbocycles. The quantitative estimate of drug-likeness (QED) is 0.761. The van der Waals surface area contributed by atoms with Gasteiger partial charge in [-0.15, -0.1) is 0 Å². The third-order valence-electron chi connectivity index (χ3n) is 4.05. The second-order valence-electron chi connectivity index (χ2n) is 5.76. The average Bonchev–Trinajstić information content (AvgIpc) is 2.99. The van der Waals surface area contributed by atoms with Crippen LogP contribution < -0.4 is 10.5 Å². The molecule has 25 heavy (non-hydrogen) atoms. The van der Waals surface area contributed by atoms with Crippen LogP contribution in [-0.2, 0) is 0 Å². The molecule has 8 nitrogen and oxygen atoms in total. The predicted molar refractivity (Wildman–Crippen MR) is 87.8 cm³/mol. The van der Waals surface area contributed by atoms with Crippen LogP contribution in [-0.4, -0.2) is 38.4 Å². The lowest BCUT2D eigenvalue weighted by atomic mass is 10.1. The van der Waals surface area contributed by atoms with Gasteiger partial charge in [-0.2, -0.15) is 10.2 Å². The Labute approximate surface area is 143 Å². The number of nitrogens with zero attached hydrogens (tertiary/aromatic N) is 3. The number of nitrogens with two attached hydrogens (primary N) is 1.